The lowest BCUT2D eigenvalue weighted by Gasteiger charge is -2.30. The Morgan fingerprint density at radius 1 is 1.45 bits per heavy atom. The van der Waals surface area contributed by atoms with Crippen LogP contribution in [0.4, 0.5) is 0 Å². The van der Waals surface area contributed by atoms with E-state index in [9.17, 15) is 8.42 Å². The molecule has 0 radical (unpaired) electrons. The lowest BCUT2D eigenvalue weighted by atomic mass is 9.99. The number of aliphatic hydroxyl groups is 1. The van der Waals surface area contributed by atoms with Crippen LogP contribution in [0.2, 0.25) is 0 Å². The number of methoxy groups -OCH3 is 1. The van der Waals surface area contributed by atoms with Crippen molar-refractivity contribution in [3.63, 3.8) is 0 Å². The Morgan fingerprint density at radius 3 is 2.60 bits per heavy atom. The summed E-state index contributed by atoms with van der Waals surface area (Å²) in [6.45, 7) is 3.45. The van der Waals surface area contributed by atoms with Crippen molar-refractivity contribution in [1.29, 1.82) is 0 Å². The maximum Gasteiger partial charge on any atom is 0.244 e. The average molecular weight is 319 g/mol. The summed E-state index contributed by atoms with van der Waals surface area (Å²) >= 11 is 1.34. The van der Waals surface area contributed by atoms with Crippen LogP contribution in [0.25, 0.3) is 0 Å². The minimum Gasteiger partial charge on any atom is -0.391 e. The SMILES string of the molecule is COCC1CCN(S(=O)(=O)c2cc(CO)sc2C)CC1. The zero-order valence-corrected chi connectivity index (χ0v) is 13.5. The summed E-state index contributed by atoms with van der Waals surface area (Å²) in [5.74, 6) is 0.447. The molecule has 0 bridgehead atoms. The molecule has 1 aliphatic rings. The number of aryl methyl sites for hydroxylation is 1. The van der Waals surface area contributed by atoms with Crippen LogP contribution >= 0.6 is 11.3 Å². The van der Waals surface area contributed by atoms with Crippen molar-refractivity contribution in [3.05, 3.63) is 15.8 Å². The molecule has 1 N–H and O–H groups in total. The molecule has 1 saturated heterocycles. The third kappa shape index (κ3) is 3.23. The van der Waals surface area contributed by atoms with Crippen LogP contribution in [0.15, 0.2) is 11.0 Å². The fourth-order valence-corrected chi connectivity index (χ4v) is 5.48. The van der Waals surface area contributed by atoms with Crippen molar-refractivity contribution in [2.45, 2.75) is 31.3 Å². The summed E-state index contributed by atoms with van der Waals surface area (Å²) in [6, 6.07) is 1.59. The van der Waals surface area contributed by atoms with Gasteiger partial charge in [-0.15, -0.1) is 11.3 Å². The number of nitrogens with zero attached hydrogens (tertiary/aromatic N) is 1. The van der Waals surface area contributed by atoms with Crippen LogP contribution in [-0.4, -0.2) is 44.6 Å². The first-order valence-corrected chi connectivity index (χ1v) is 8.94. The van der Waals surface area contributed by atoms with E-state index in [4.69, 9.17) is 9.84 Å². The van der Waals surface area contributed by atoms with E-state index >= 15 is 0 Å². The van der Waals surface area contributed by atoms with Crippen LogP contribution in [0.1, 0.15) is 22.6 Å². The monoisotopic (exact) mass is 319 g/mol. The molecule has 1 aliphatic heterocycles. The maximum atomic E-state index is 12.6. The van der Waals surface area contributed by atoms with Crippen molar-refractivity contribution >= 4 is 21.4 Å². The zero-order chi connectivity index (χ0) is 14.8. The van der Waals surface area contributed by atoms with Crippen LogP contribution in [0, 0.1) is 12.8 Å². The second-order valence-electron chi connectivity index (χ2n) is 5.09. The molecule has 7 heteroatoms. The van der Waals surface area contributed by atoms with E-state index in [1.807, 2.05) is 0 Å². The Hall–Kier alpha value is -0.470. The first-order chi connectivity index (χ1) is 9.48. The molecule has 0 amide bonds. The molecular formula is C13H21NO4S2. The van der Waals surface area contributed by atoms with Gasteiger partial charge in [0.25, 0.3) is 0 Å². The quantitative estimate of drug-likeness (QED) is 0.895. The summed E-state index contributed by atoms with van der Waals surface area (Å²) in [6.07, 6.45) is 1.67. The van der Waals surface area contributed by atoms with Crippen molar-refractivity contribution in [2.75, 3.05) is 26.8 Å². The maximum absolute atomic E-state index is 12.6. The summed E-state index contributed by atoms with van der Waals surface area (Å²) in [5.41, 5.74) is 0. The van der Waals surface area contributed by atoms with Gasteiger partial charge in [0.2, 0.25) is 10.0 Å². The molecule has 0 atom stereocenters. The molecule has 2 rings (SSSR count). The second-order valence-corrected chi connectivity index (χ2v) is 8.34. The highest BCUT2D eigenvalue weighted by atomic mass is 32.2. The van der Waals surface area contributed by atoms with E-state index in [2.05, 4.69) is 0 Å². The molecule has 0 saturated carbocycles. The van der Waals surface area contributed by atoms with Gasteiger partial charge in [-0.2, -0.15) is 4.31 Å². The lowest BCUT2D eigenvalue weighted by Crippen LogP contribution is -2.39. The summed E-state index contributed by atoms with van der Waals surface area (Å²) < 4.78 is 31.9. The molecule has 5 nitrogen and oxygen atoms in total. The number of ether oxygens (including phenoxy) is 1. The minimum atomic E-state index is -3.43. The molecule has 0 unspecified atom stereocenters. The Kier molecular flexibility index (Phi) is 5.19. The average Bonchev–Trinajstić information content (AvgIpc) is 2.82. The van der Waals surface area contributed by atoms with Crippen LogP contribution in [0.3, 0.4) is 0 Å². The van der Waals surface area contributed by atoms with Gasteiger partial charge < -0.3 is 9.84 Å². The summed E-state index contributed by atoms with van der Waals surface area (Å²) in [5, 5.41) is 9.13. The molecule has 1 aromatic heterocycles. The molecule has 2 heterocycles. The molecule has 0 aliphatic carbocycles. The highest BCUT2D eigenvalue weighted by Crippen LogP contribution is 2.30. The summed E-state index contributed by atoms with van der Waals surface area (Å²) in [7, 11) is -1.75. The molecule has 0 spiro atoms. The molecular weight excluding hydrogens is 298 g/mol. The topological polar surface area (TPSA) is 66.8 Å². The van der Waals surface area contributed by atoms with Gasteiger partial charge in [-0.3, -0.25) is 0 Å². The Labute approximate surface area is 124 Å². The standard InChI is InChI=1S/C13H21NO4S2/c1-10-13(7-12(8-15)19-10)20(16,17)14-5-3-11(4-6-14)9-18-2/h7,11,15H,3-6,8-9H2,1-2H3. The fourth-order valence-electron chi connectivity index (χ4n) is 2.55. The van der Waals surface area contributed by atoms with Crippen molar-refractivity contribution in [1.82, 2.24) is 4.31 Å². The number of piperidine rings is 1. The lowest BCUT2D eigenvalue weighted by molar-refractivity contribution is 0.121. The van der Waals surface area contributed by atoms with Gasteiger partial charge in [-0.25, -0.2) is 8.42 Å². The number of rotatable bonds is 5. The molecule has 0 aromatic carbocycles. The minimum absolute atomic E-state index is 0.114. The number of hydrogen-bond acceptors (Lipinski definition) is 5. The van der Waals surface area contributed by atoms with Crippen LogP contribution in [0.5, 0.6) is 0 Å². The first-order valence-electron chi connectivity index (χ1n) is 6.68. The number of hydrogen-bond donors (Lipinski definition) is 1. The van der Waals surface area contributed by atoms with Crippen molar-refractivity contribution in [3.8, 4) is 0 Å². The fraction of sp³-hybridized carbons (Fsp3) is 0.692. The first kappa shape index (κ1) is 15.9. The summed E-state index contributed by atoms with van der Waals surface area (Å²) in [4.78, 5) is 1.78. The van der Waals surface area contributed by atoms with Gasteiger partial charge in [0, 0.05) is 36.6 Å². The van der Waals surface area contributed by atoms with E-state index in [1.165, 1.54) is 11.3 Å². The van der Waals surface area contributed by atoms with Gasteiger partial charge in [0.05, 0.1) is 11.5 Å². The van der Waals surface area contributed by atoms with E-state index in [1.54, 1.807) is 24.4 Å². The Bertz CT molecular complexity index is 545. The van der Waals surface area contributed by atoms with Gasteiger partial charge in [0.1, 0.15) is 0 Å². The predicted molar refractivity (Wildman–Crippen MR) is 78.3 cm³/mol. The zero-order valence-electron chi connectivity index (χ0n) is 11.8. The van der Waals surface area contributed by atoms with E-state index in [-0.39, 0.29) is 6.61 Å². The normalized spacial score (nSPS) is 18.6. The van der Waals surface area contributed by atoms with Crippen LogP contribution < -0.4 is 0 Å². The van der Waals surface area contributed by atoms with Gasteiger partial charge >= 0.3 is 0 Å². The number of aliphatic hydroxyl groups excluding tert-OH is 1. The molecule has 20 heavy (non-hydrogen) atoms. The predicted octanol–water partition coefficient (Wildman–Crippen LogP) is 1.60. The molecule has 114 valence electrons. The molecule has 1 fully saturated rings. The van der Waals surface area contributed by atoms with Crippen molar-refractivity contribution in [2.24, 2.45) is 5.92 Å². The smallest absolute Gasteiger partial charge is 0.244 e. The van der Waals surface area contributed by atoms with E-state index in [0.717, 1.165) is 17.7 Å². The highest BCUT2D eigenvalue weighted by Gasteiger charge is 2.31. The number of thiophene rings is 1. The Morgan fingerprint density at radius 2 is 2.10 bits per heavy atom. The van der Waals surface area contributed by atoms with Crippen LogP contribution in [-0.2, 0) is 21.4 Å². The van der Waals surface area contributed by atoms with Gasteiger partial charge in [-0.1, -0.05) is 0 Å². The number of sulfonamides is 1. The third-order valence-electron chi connectivity index (χ3n) is 3.67. The largest absolute Gasteiger partial charge is 0.391 e. The second kappa shape index (κ2) is 6.53. The van der Waals surface area contributed by atoms with E-state index < -0.39 is 10.0 Å². The van der Waals surface area contributed by atoms with E-state index in [0.29, 0.717) is 35.4 Å². The Balaban J connectivity index is 2.13. The third-order valence-corrected chi connectivity index (χ3v) is 6.86. The van der Waals surface area contributed by atoms with Crippen molar-refractivity contribution < 1.29 is 18.3 Å². The van der Waals surface area contributed by atoms with Gasteiger partial charge in [0.15, 0.2) is 0 Å². The molecule has 1 aromatic rings. The highest BCUT2D eigenvalue weighted by molar-refractivity contribution is 7.89. The van der Waals surface area contributed by atoms with Gasteiger partial charge in [-0.05, 0) is 31.7 Å².